The van der Waals surface area contributed by atoms with Crippen molar-refractivity contribution >= 4 is 29.2 Å². The third-order valence-corrected chi connectivity index (χ3v) is 6.82. The first-order valence-electron chi connectivity index (χ1n) is 11.7. The number of halogens is 1. The van der Waals surface area contributed by atoms with Gasteiger partial charge >= 0.3 is 0 Å². The second-order valence-corrected chi connectivity index (χ2v) is 9.11. The van der Waals surface area contributed by atoms with Gasteiger partial charge in [-0.25, -0.2) is 0 Å². The van der Waals surface area contributed by atoms with E-state index in [9.17, 15) is 0 Å². The molecule has 3 aromatic rings. The van der Waals surface area contributed by atoms with Gasteiger partial charge < -0.3 is 19.5 Å². The summed E-state index contributed by atoms with van der Waals surface area (Å²) in [5.41, 5.74) is 7.18. The first kappa shape index (κ1) is 22.6. The van der Waals surface area contributed by atoms with Gasteiger partial charge in [-0.15, -0.1) is 0 Å². The number of aromatic nitrogens is 1. The van der Waals surface area contributed by atoms with E-state index in [2.05, 4.69) is 62.1 Å². The Bertz CT molecular complexity index is 1190. The minimum atomic E-state index is 0.747. The number of nitrogens with zero attached hydrogens (tertiary/aromatic N) is 4. The van der Waals surface area contributed by atoms with Gasteiger partial charge in [-0.05, 0) is 36.8 Å². The Labute approximate surface area is 206 Å². The molecule has 6 nitrogen and oxygen atoms in total. The first-order valence-corrected chi connectivity index (χ1v) is 12.0. The highest BCUT2D eigenvalue weighted by molar-refractivity contribution is 6.30. The zero-order valence-electron chi connectivity index (χ0n) is 19.7. The molecule has 0 atom stereocenters. The van der Waals surface area contributed by atoms with Crippen LogP contribution in [0, 0.1) is 6.92 Å². The van der Waals surface area contributed by atoms with Crippen LogP contribution in [0.1, 0.15) is 11.3 Å². The molecule has 0 unspecified atom stereocenters. The Morgan fingerprint density at radius 2 is 1.79 bits per heavy atom. The second-order valence-electron chi connectivity index (χ2n) is 8.68. The Hall–Kier alpha value is -3.22. The van der Waals surface area contributed by atoms with E-state index in [1.807, 2.05) is 36.7 Å². The molecule has 2 aliphatic rings. The lowest BCUT2D eigenvalue weighted by Gasteiger charge is -2.37. The maximum absolute atomic E-state index is 6.17. The van der Waals surface area contributed by atoms with Crippen LogP contribution in [0.3, 0.4) is 0 Å². The van der Waals surface area contributed by atoms with Gasteiger partial charge in [0.15, 0.2) is 0 Å². The van der Waals surface area contributed by atoms with Gasteiger partial charge in [0.25, 0.3) is 0 Å². The molecule has 1 N–H and O–H groups in total. The molecule has 0 radical (unpaired) electrons. The molecule has 1 saturated heterocycles. The highest BCUT2D eigenvalue weighted by atomic mass is 35.5. The quantitative estimate of drug-likeness (QED) is 0.523. The SMILES string of the molecule is COc1ccccc1N1CCN(Cc2c(-c3ccc(Cl)cc3)[nH]c(C)c2N2C=CN=CC2)CC1. The van der Waals surface area contributed by atoms with Gasteiger partial charge in [-0.1, -0.05) is 35.9 Å². The molecular weight excluding hydrogens is 446 g/mol. The fraction of sp³-hybridized carbons (Fsp3) is 0.296. The van der Waals surface area contributed by atoms with E-state index >= 15 is 0 Å². The van der Waals surface area contributed by atoms with Gasteiger partial charge in [0.05, 0.1) is 30.7 Å². The number of para-hydroxylation sites is 2. The predicted octanol–water partition coefficient (Wildman–Crippen LogP) is 5.34. The molecule has 34 heavy (non-hydrogen) atoms. The summed E-state index contributed by atoms with van der Waals surface area (Å²) < 4.78 is 5.59. The number of H-pyrrole nitrogens is 1. The predicted molar refractivity (Wildman–Crippen MR) is 141 cm³/mol. The van der Waals surface area contributed by atoms with Crippen LogP contribution in [-0.4, -0.2) is 55.9 Å². The molecule has 0 saturated carbocycles. The van der Waals surface area contributed by atoms with Crippen LogP contribution in [-0.2, 0) is 6.54 Å². The molecule has 5 rings (SSSR count). The third-order valence-electron chi connectivity index (χ3n) is 6.57. The number of ether oxygens (including phenoxy) is 1. The number of hydrogen-bond donors (Lipinski definition) is 1. The summed E-state index contributed by atoms with van der Waals surface area (Å²) in [6, 6.07) is 16.4. The van der Waals surface area contributed by atoms with Crippen molar-refractivity contribution in [3.05, 3.63) is 77.2 Å². The summed E-state index contributed by atoms with van der Waals surface area (Å²) in [6.45, 7) is 7.69. The van der Waals surface area contributed by atoms with Crippen molar-refractivity contribution in [2.75, 3.05) is 49.6 Å². The summed E-state index contributed by atoms with van der Waals surface area (Å²) in [5.74, 6) is 0.933. The van der Waals surface area contributed by atoms with Crippen molar-refractivity contribution in [3.8, 4) is 17.0 Å². The average Bonchev–Trinajstić information content (AvgIpc) is 3.21. The fourth-order valence-electron chi connectivity index (χ4n) is 4.88. The van der Waals surface area contributed by atoms with Crippen LogP contribution in [0.2, 0.25) is 5.02 Å². The zero-order chi connectivity index (χ0) is 23.5. The number of anilines is 2. The molecule has 2 aromatic carbocycles. The largest absolute Gasteiger partial charge is 0.495 e. The summed E-state index contributed by atoms with van der Waals surface area (Å²) in [4.78, 5) is 15.2. The van der Waals surface area contributed by atoms with Crippen LogP contribution in [0.15, 0.2) is 65.9 Å². The molecule has 1 aromatic heterocycles. The molecule has 0 bridgehead atoms. The van der Waals surface area contributed by atoms with E-state index in [0.29, 0.717) is 0 Å². The smallest absolute Gasteiger partial charge is 0.142 e. The first-order chi connectivity index (χ1) is 16.6. The van der Waals surface area contributed by atoms with Crippen molar-refractivity contribution in [1.82, 2.24) is 9.88 Å². The molecule has 3 heterocycles. The van der Waals surface area contributed by atoms with E-state index in [0.717, 1.165) is 67.0 Å². The molecule has 0 amide bonds. The standard InChI is InChI=1S/C27H30ClN5O/c1-20-27(33-13-11-29-12-14-33)23(26(30-20)21-7-9-22(28)10-8-21)19-31-15-17-32(18-16-31)24-5-3-4-6-25(24)34-2/h3-13,30H,14-19H2,1-2H3. The van der Waals surface area contributed by atoms with Crippen molar-refractivity contribution in [2.45, 2.75) is 13.5 Å². The molecule has 0 aliphatic carbocycles. The van der Waals surface area contributed by atoms with Crippen LogP contribution < -0.4 is 14.5 Å². The fourth-order valence-corrected chi connectivity index (χ4v) is 5.00. The normalized spacial score (nSPS) is 16.3. The number of nitrogens with one attached hydrogen (secondary N) is 1. The van der Waals surface area contributed by atoms with Crippen LogP contribution in [0.25, 0.3) is 11.3 Å². The van der Waals surface area contributed by atoms with Gasteiger partial charge in [-0.3, -0.25) is 9.89 Å². The van der Waals surface area contributed by atoms with E-state index in [-0.39, 0.29) is 0 Å². The van der Waals surface area contributed by atoms with Gasteiger partial charge in [0.1, 0.15) is 5.75 Å². The molecule has 2 aliphatic heterocycles. The number of aliphatic imine (C=N–C) groups is 1. The van der Waals surface area contributed by atoms with Crippen molar-refractivity contribution in [1.29, 1.82) is 0 Å². The highest BCUT2D eigenvalue weighted by Gasteiger charge is 2.25. The average molecular weight is 476 g/mol. The maximum atomic E-state index is 6.17. The van der Waals surface area contributed by atoms with Gasteiger partial charge in [-0.2, -0.15) is 0 Å². The van der Waals surface area contributed by atoms with E-state index in [1.165, 1.54) is 16.9 Å². The van der Waals surface area contributed by atoms with E-state index < -0.39 is 0 Å². The van der Waals surface area contributed by atoms with E-state index in [1.54, 1.807) is 7.11 Å². The molecule has 1 fully saturated rings. The Balaban J connectivity index is 1.41. The zero-order valence-corrected chi connectivity index (χ0v) is 20.4. The van der Waals surface area contributed by atoms with Gasteiger partial charge in [0.2, 0.25) is 0 Å². The van der Waals surface area contributed by atoms with Crippen LogP contribution >= 0.6 is 11.6 Å². The molecule has 7 heteroatoms. The lowest BCUT2D eigenvalue weighted by molar-refractivity contribution is 0.249. The number of benzene rings is 2. The van der Waals surface area contributed by atoms with Crippen LogP contribution in [0.4, 0.5) is 11.4 Å². The summed E-state index contributed by atoms with van der Waals surface area (Å²) >= 11 is 6.17. The number of rotatable bonds is 6. The minimum absolute atomic E-state index is 0.747. The molecule has 0 spiro atoms. The van der Waals surface area contributed by atoms with Crippen molar-refractivity contribution in [2.24, 2.45) is 4.99 Å². The Morgan fingerprint density at radius 1 is 1.03 bits per heavy atom. The van der Waals surface area contributed by atoms with E-state index in [4.69, 9.17) is 16.3 Å². The Morgan fingerprint density at radius 3 is 2.50 bits per heavy atom. The molecule has 176 valence electrons. The monoisotopic (exact) mass is 475 g/mol. The Kier molecular flexibility index (Phi) is 6.61. The van der Waals surface area contributed by atoms with Gasteiger partial charge in [0, 0.05) is 67.6 Å². The number of aryl methyl sites for hydroxylation is 1. The number of piperazine rings is 1. The van der Waals surface area contributed by atoms with Crippen molar-refractivity contribution in [3.63, 3.8) is 0 Å². The highest BCUT2D eigenvalue weighted by Crippen LogP contribution is 2.37. The number of aromatic amines is 1. The summed E-state index contributed by atoms with van der Waals surface area (Å²) in [7, 11) is 1.74. The minimum Gasteiger partial charge on any atom is -0.495 e. The third kappa shape index (κ3) is 4.56. The summed E-state index contributed by atoms with van der Waals surface area (Å²) in [5, 5.41) is 0.747. The lowest BCUT2D eigenvalue weighted by Crippen LogP contribution is -2.46. The second kappa shape index (κ2) is 9.95. The number of methoxy groups -OCH3 is 1. The maximum Gasteiger partial charge on any atom is 0.142 e. The number of hydrogen-bond acceptors (Lipinski definition) is 5. The lowest BCUT2D eigenvalue weighted by atomic mass is 10.0. The topological polar surface area (TPSA) is 47.1 Å². The summed E-state index contributed by atoms with van der Waals surface area (Å²) in [6.07, 6.45) is 5.86. The molecular formula is C27H30ClN5O. The van der Waals surface area contributed by atoms with Crippen molar-refractivity contribution < 1.29 is 4.74 Å². The van der Waals surface area contributed by atoms with Crippen LogP contribution in [0.5, 0.6) is 5.75 Å².